The number of halogens is 1. The molecule has 0 unspecified atom stereocenters. The molecule has 7 heteroatoms. The summed E-state index contributed by atoms with van der Waals surface area (Å²) in [6, 6.07) is 4.66. The second kappa shape index (κ2) is 7.29. The van der Waals surface area contributed by atoms with E-state index in [9.17, 15) is 18.8 Å². The molecule has 0 spiro atoms. The lowest BCUT2D eigenvalue weighted by atomic mass is 9.85. The molecule has 1 aliphatic heterocycles. The minimum atomic E-state index is -0.780. The van der Waals surface area contributed by atoms with Gasteiger partial charge in [-0.05, 0) is 49.9 Å². The standard InChI is InChI=1S/C20H24FN3O3/c21-13-7-9-14(10-8-13)22-18(25)11-17-19(26)23-15-3-1-2-4-16(15)24(17)20(27)12-5-6-12/h7-10,12,15-17H,1-6,11H2,(H,22,25)(H,23,26)/t15-,16-,17+/m0/s1. The van der Waals surface area contributed by atoms with Crippen LogP contribution in [0.3, 0.4) is 0 Å². The zero-order chi connectivity index (χ0) is 19.0. The minimum absolute atomic E-state index is 0.00105. The van der Waals surface area contributed by atoms with Crippen molar-refractivity contribution in [1.82, 2.24) is 10.2 Å². The summed E-state index contributed by atoms with van der Waals surface area (Å²) in [6.07, 6.45) is 5.44. The van der Waals surface area contributed by atoms with E-state index in [4.69, 9.17) is 0 Å². The van der Waals surface area contributed by atoms with E-state index in [0.717, 1.165) is 38.5 Å². The fraction of sp³-hybridized carbons (Fsp3) is 0.550. The van der Waals surface area contributed by atoms with Crippen LogP contribution in [-0.2, 0) is 14.4 Å². The molecule has 3 atom stereocenters. The number of hydrogen-bond donors (Lipinski definition) is 2. The van der Waals surface area contributed by atoms with Gasteiger partial charge in [-0.25, -0.2) is 4.39 Å². The van der Waals surface area contributed by atoms with Gasteiger partial charge in [-0.2, -0.15) is 0 Å². The highest BCUT2D eigenvalue weighted by atomic mass is 19.1. The molecule has 1 aromatic carbocycles. The van der Waals surface area contributed by atoms with E-state index >= 15 is 0 Å². The quantitative estimate of drug-likeness (QED) is 0.849. The summed E-state index contributed by atoms with van der Waals surface area (Å²) in [7, 11) is 0. The van der Waals surface area contributed by atoms with E-state index in [2.05, 4.69) is 10.6 Å². The number of amides is 3. The minimum Gasteiger partial charge on any atom is -0.349 e. The highest BCUT2D eigenvalue weighted by Crippen LogP contribution is 2.37. The van der Waals surface area contributed by atoms with Crippen molar-refractivity contribution in [2.75, 3.05) is 5.32 Å². The number of anilines is 1. The SMILES string of the molecule is O=C(C[C@@H]1C(=O)N[C@H]2CCCC[C@@H]2N1C(=O)C1CC1)Nc1ccc(F)cc1. The van der Waals surface area contributed by atoms with Crippen LogP contribution in [0.2, 0.25) is 0 Å². The molecule has 3 amide bonds. The van der Waals surface area contributed by atoms with Crippen LogP contribution in [0.4, 0.5) is 10.1 Å². The number of hydrogen-bond acceptors (Lipinski definition) is 3. The van der Waals surface area contributed by atoms with Crippen LogP contribution in [-0.4, -0.2) is 40.7 Å². The maximum atomic E-state index is 13.0. The molecule has 0 bridgehead atoms. The first-order valence-electron chi connectivity index (χ1n) is 9.71. The molecule has 0 aromatic heterocycles. The van der Waals surface area contributed by atoms with Crippen LogP contribution in [0.15, 0.2) is 24.3 Å². The van der Waals surface area contributed by atoms with Gasteiger partial charge in [0, 0.05) is 17.6 Å². The Morgan fingerprint density at radius 1 is 1.11 bits per heavy atom. The topological polar surface area (TPSA) is 78.5 Å². The van der Waals surface area contributed by atoms with Crippen molar-refractivity contribution in [3.63, 3.8) is 0 Å². The predicted octanol–water partition coefficient (Wildman–Crippen LogP) is 2.20. The lowest BCUT2D eigenvalue weighted by molar-refractivity contribution is -0.152. The van der Waals surface area contributed by atoms with Crippen LogP contribution in [0.25, 0.3) is 0 Å². The van der Waals surface area contributed by atoms with E-state index in [1.165, 1.54) is 24.3 Å². The van der Waals surface area contributed by atoms with Crippen LogP contribution >= 0.6 is 0 Å². The molecule has 1 heterocycles. The highest BCUT2D eigenvalue weighted by molar-refractivity contribution is 5.98. The van der Waals surface area contributed by atoms with Gasteiger partial charge in [0.2, 0.25) is 17.7 Å². The Hall–Kier alpha value is -2.44. The fourth-order valence-corrected chi connectivity index (χ4v) is 4.22. The second-order valence-electron chi connectivity index (χ2n) is 7.76. The van der Waals surface area contributed by atoms with Crippen molar-refractivity contribution >= 4 is 23.4 Å². The molecule has 2 aliphatic carbocycles. The molecule has 0 radical (unpaired) electrons. The van der Waals surface area contributed by atoms with Gasteiger partial charge < -0.3 is 15.5 Å². The molecule has 2 N–H and O–H groups in total. The van der Waals surface area contributed by atoms with Crippen LogP contribution in [0.5, 0.6) is 0 Å². The van der Waals surface area contributed by atoms with Crippen LogP contribution in [0.1, 0.15) is 44.9 Å². The third-order valence-electron chi connectivity index (χ3n) is 5.74. The van der Waals surface area contributed by atoms with Gasteiger partial charge >= 0.3 is 0 Å². The molecule has 3 fully saturated rings. The van der Waals surface area contributed by atoms with E-state index in [1.807, 2.05) is 0 Å². The summed E-state index contributed by atoms with van der Waals surface area (Å²) >= 11 is 0. The van der Waals surface area contributed by atoms with E-state index < -0.39 is 6.04 Å². The summed E-state index contributed by atoms with van der Waals surface area (Å²) in [5, 5.41) is 5.72. The molecule has 27 heavy (non-hydrogen) atoms. The third kappa shape index (κ3) is 3.82. The van der Waals surface area contributed by atoms with Gasteiger partial charge in [0.05, 0.1) is 12.5 Å². The Labute approximate surface area is 157 Å². The van der Waals surface area contributed by atoms with Crippen molar-refractivity contribution in [3.05, 3.63) is 30.1 Å². The Morgan fingerprint density at radius 2 is 1.81 bits per heavy atom. The van der Waals surface area contributed by atoms with Gasteiger partial charge in [0.25, 0.3) is 0 Å². The van der Waals surface area contributed by atoms with Gasteiger partial charge in [0.1, 0.15) is 11.9 Å². The van der Waals surface area contributed by atoms with Crippen molar-refractivity contribution in [2.45, 2.75) is 63.1 Å². The largest absolute Gasteiger partial charge is 0.349 e. The number of benzene rings is 1. The fourth-order valence-electron chi connectivity index (χ4n) is 4.22. The first-order valence-corrected chi connectivity index (χ1v) is 9.71. The first kappa shape index (κ1) is 17.9. The summed E-state index contributed by atoms with van der Waals surface area (Å²) in [5.74, 6) is -0.974. The molecule has 4 rings (SSSR count). The summed E-state index contributed by atoms with van der Waals surface area (Å²) in [6.45, 7) is 0. The molecule has 3 aliphatic rings. The number of nitrogens with one attached hydrogen (secondary N) is 2. The molecular weight excluding hydrogens is 349 g/mol. The third-order valence-corrected chi connectivity index (χ3v) is 5.74. The average Bonchev–Trinajstić information content (AvgIpc) is 3.49. The van der Waals surface area contributed by atoms with Gasteiger partial charge in [-0.1, -0.05) is 12.8 Å². The lowest BCUT2D eigenvalue weighted by Gasteiger charge is -2.48. The molecule has 1 aromatic rings. The number of nitrogens with zero attached hydrogens (tertiary/aromatic N) is 1. The molecular formula is C20H24FN3O3. The molecule has 6 nitrogen and oxygen atoms in total. The molecule has 2 saturated carbocycles. The zero-order valence-electron chi connectivity index (χ0n) is 15.1. The Balaban J connectivity index is 1.51. The number of carbonyl (C=O) groups excluding carboxylic acids is 3. The van der Waals surface area contributed by atoms with Crippen LogP contribution < -0.4 is 10.6 Å². The monoisotopic (exact) mass is 373 g/mol. The molecule has 1 saturated heterocycles. The summed E-state index contributed by atoms with van der Waals surface area (Å²) < 4.78 is 13.0. The van der Waals surface area contributed by atoms with Crippen molar-refractivity contribution in [2.24, 2.45) is 5.92 Å². The Morgan fingerprint density at radius 3 is 2.52 bits per heavy atom. The highest BCUT2D eigenvalue weighted by Gasteiger charge is 2.48. The number of rotatable bonds is 4. The maximum absolute atomic E-state index is 13.0. The van der Waals surface area contributed by atoms with E-state index in [-0.39, 0.29) is 48.0 Å². The molecule has 144 valence electrons. The van der Waals surface area contributed by atoms with Gasteiger partial charge in [-0.3, -0.25) is 14.4 Å². The predicted molar refractivity (Wildman–Crippen MR) is 97.2 cm³/mol. The lowest BCUT2D eigenvalue weighted by Crippen LogP contribution is -2.68. The van der Waals surface area contributed by atoms with E-state index in [0.29, 0.717) is 5.69 Å². The summed E-state index contributed by atoms with van der Waals surface area (Å²) in [5.41, 5.74) is 0.466. The van der Waals surface area contributed by atoms with Crippen LogP contribution in [0, 0.1) is 11.7 Å². The second-order valence-corrected chi connectivity index (χ2v) is 7.76. The number of fused-ring (bicyclic) bond motifs is 1. The maximum Gasteiger partial charge on any atom is 0.243 e. The van der Waals surface area contributed by atoms with Gasteiger partial charge in [0.15, 0.2) is 0 Å². The number of carbonyl (C=O) groups is 3. The zero-order valence-corrected chi connectivity index (χ0v) is 15.1. The average molecular weight is 373 g/mol. The van der Waals surface area contributed by atoms with E-state index in [1.54, 1.807) is 4.90 Å². The van der Waals surface area contributed by atoms with Crippen molar-refractivity contribution < 1.29 is 18.8 Å². The van der Waals surface area contributed by atoms with Gasteiger partial charge in [-0.15, -0.1) is 0 Å². The first-order chi connectivity index (χ1) is 13.0. The normalized spacial score (nSPS) is 27.5. The van der Waals surface area contributed by atoms with Crippen molar-refractivity contribution in [1.29, 1.82) is 0 Å². The summed E-state index contributed by atoms with van der Waals surface area (Å²) in [4.78, 5) is 39.8. The Kier molecular flexibility index (Phi) is 4.85. The smallest absolute Gasteiger partial charge is 0.243 e. The number of piperazine rings is 1. The van der Waals surface area contributed by atoms with Crippen molar-refractivity contribution in [3.8, 4) is 0 Å². The Bertz CT molecular complexity index is 747.